The largest absolute Gasteiger partial charge is 0.457 e. The van der Waals surface area contributed by atoms with Gasteiger partial charge in [-0.3, -0.25) is 10.1 Å². The van der Waals surface area contributed by atoms with Gasteiger partial charge in [-0.15, -0.1) is 0 Å². The van der Waals surface area contributed by atoms with E-state index >= 15 is 0 Å². The molecule has 0 aliphatic heterocycles. The Morgan fingerprint density at radius 3 is 2.20 bits per heavy atom. The van der Waals surface area contributed by atoms with Crippen LogP contribution in [0.5, 0.6) is 11.5 Å². The molecule has 3 amide bonds. The first-order chi connectivity index (χ1) is 14.5. The minimum atomic E-state index is -1.10. The van der Waals surface area contributed by atoms with Gasteiger partial charge in [0.2, 0.25) is 0 Å². The van der Waals surface area contributed by atoms with Crippen LogP contribution in [0, 0.1) is 0 Å². The number of carbonyl (C=O) groups is 3. The summed E-state index contributed by atoms with van der Waals surface area (Å²) in [4.78, 5) is 36.4. The predicted octanol–water partition coefficient (Wildman–Crippen LogP) is 4.18. The maximum Gasteiger partial charge on any atom is 0.338 e. The Bertz CT molecular complexity index is 861. The van der Waals surface area contributed by atoms with E-state index in [0.29, 0.717) is 11.5 Å². The molecule has 1 fully saturated rings. The summed E-state index contributed by atoms with van der Waals surface area (Å²) in [6.07, 6.45) is 4.04. The molecule has 158 valence electrons. The number of nitrogens with one attached hydrogen (secondary N) is 2. The number of carbonyl (C=O) groups excluding carboxylic acids is 3. The Balaban J connectivity index is 1.47. The van der Waals surface area contributed by atoms with E-state index in [-0.39, 0.29) is 11.6 Å². The van der Waals surface area contributed by atoms with E-state index < -0.39 is 24.0 Å². The highest BCUT2D eigenvalue weighted by Gasteiger charge is 2.22. The summed E-state index contributed by atoms with van der Waals surface area (Å²) in [5, 5.41) is 5.02. The Labute approximate surface area is 175 Å². The van der Waals surface area contributed by atoms with Gasteiger partial charge in [-0.25, -0.2) is 9.59 Å². The van der Waals surface area contributed by atoms with Crippen LogP contribution >= 0.6 is 0 Å². The van der Waals surface area contributed by atoms with E-state index in [9.17, 15) is 14.4 Å². The molecular formula is C23H26N2O5. The van der Waals surface area contributed by atoms with Crippen molar-refractivity contribution in [1.29, 1.82) is 0 Å². The number of hydrogen-bond donors (Lipinski definition) is 2. The zero-order valence-electron chi connectivity index (χ0n) is 16.9. The van der Waals surface area contributed by atoms with Gasteiger partial charge in [0.1, 0.15) is 11.5 Å². The van der Waals surface area contributed by atoms with Gasteiger partial charge in [0.05, 0.1) is 5.56 Å². The molecule has 0 saturated heterocycles. The standard InChI is InChI=1S/C23H26N2O5/c1-16(21(26)25-23(28)24-18-8-4-2-5-9-18)29-22(27)17-12-14-20(15-13-17)30-19-10-6-3-7-11-19/h3,6-7,10-16,18H,2,4-5,8-9H2,1H3,(H2,24,25,26,28)/t16-/m0/s1. The van der Waals surface area contributed by atoms with Crippen molar-refractivity contribution in [2.75, 3.05) is 0 Å². The van der Waals surface area contributed by atoms with Gasteiger partial charge in [-0.2, -0.15) is 0 Å². The zero-order chi connectivity index (χ0) is 21.3. The molecule has 0 radical (unpaired) electrons. The molecule has 1 atom stereocenters. The van der Waals surface area contributed by atoms with Crippen molar-refractivity contribution < 1.29 is 23.9 Å². The van der Waals surface area contributed by atoms with Crippen molar-refractivity contribution in [1.82, 2.24) is 10.6 Å². The molecule has 2 aromatic rings. The van der Waals surface area contributed by atoms with Crippen molar-refractivity contribution in [2.24, 2.45) is 0 Å². The molecule has 1 saturated carbocycles. The van der Waals surface area contributed by atoms with Gasteiger partial charge >= 0.3 is 12.0 Å². The van der Waals surface area contributed by atoms with Crippen LogP contribution in [0.4, 0.5) is 4.79 Å². The molecule has 7 nitrogen and oxygen atoms in total. The molecule has 0 heterocycles. The van der Waals surface area contributed by atoms with E-state index in [0.717, 1.165) is 25.7 Å². The van der Waals surface area contributed by atoms with Crippen molar-refractivity contribution in [3.05, 3.63) is 60.2 Å². The van der Waals surface area contributed by atoms with Crippen LogP contribution in [-0.2, 0) is 9.53 Å². The second-order valence-electron chi connectivity index (χ2n) is 7.28. The number of hydrogen-bond acceptors (Lipinski definition) is 5. The Morgan fingerprint density at radius 2 is 1.53 bits per heavy atom. The zero-order valence-corrected chi connectivity index (χ0v) is 16.9. The number of ether oxygens (including phenoxy) is 2. The van der Waals surface area contributed by atoms with Crippen LogP contribution in [0.25, 0.3) is 0 Å². The van der Waals surface area contributed by atoms with Gasteiger partial charge in [-0.05, 0) is 56.2 Å². The first-order valence-corrected chi connectivity index (χ1v) is 10.2. The van der Waals surface area contributed by atoms with Crippen molar-refractivity contribution >= 4 is 17.9 Å². The van der Waals surface area contributed by atoms with E-state index in [1.807, 2.05) is 30.3 Å². The lowest BCUT2D eigenvalue weighted by molar-refractivity contribution is -0.127. The molecule has 1 aliphatic rings. The molecule has 1 aliphatic carbocycles. The maximum atomic E-state index is 12.3. The summed E-state index contributed by atoms with van der Waals surface area (Å²) in [5.74, 6) is -0.0650. The van der Waals surface area contributed by atoms with Crippen LogP contribution in [0.3, 0.4) is 0 Å². The van der Waals surface area contributed by atoms with Crippen LogP contribution in [-0.4, -0.2) is 30.1 Å². The van der Waals surface area contributed by atoms with E-state index in [2.05, 4.69) is 10.6 Å². The van der Waals surface area contributed by atoms with Gasteiger partial charge < -0.3 is 14.8 Å². The molecule has 3 rings (SSSR count). The van der Waals surface area contributed by atoms with Crippen LogP contribution in [0.2, 0.25) is 0 Å². The first-order valence-electron chi connectivity index (χ1n) is 10.2. The molecule has 2 N–H and O–H groups in total. The third-order valence-corrected chi connectivity index (χ3v) is 4.90. The van der Waals surface area contributed by atoms with Gasteiger partial charge in [-0.1, -0.05) is 37.5 Å². The highest BCUT2D eigenvalue weighted by molar-refractivity contribution is 5.98. The number of amides is 3. The average molecular weight is 410 g/mol. The topological polar surface area (TPSA) is 93.7 Å². The highest BCUT2D eigenvalue weighted by Crippen LogP contribution is 2.21. The minimum absolute atomic E-state index is 0.0843. The Kier molecular flexibility index (Phi) is 7.43. The van der Waals surface area contributed by atoms with Crippen LogP contribution < -0.4 is 15.4 Å². The molecular weight excluding hydrogens is 384 g/mol. The van der Waals surface area contributed by atoms with Crippen molar-refractivity contribution in [3.63, 3.8) is 0 Å². The lowest BCUT2D eigenvalue weighted by Crippen LogP contribution is -2.48. The van der Waals surface area contributed by atoms with Gasteiger partial charge in [0.25, 0.3) is 5.91 Å². The van der Waals surface area contributed by atoms with E-state index in [4.69, 9.17) is 9.47 Å². The predicted molar refractivity (Wildman–Crippen MR) is 111 cm³/mol. The molecule has 0 unspecified atom stereocenters. The summed E-state index contributed by atoms with van der Waals surface area (Å²) in [6, 6.07) is 15.2. The summed E-state index contributed by atoms with van der Waals surface area (Å²) >= 11 is 0. The van der Waals surface area contributed by atoms with Crippen molar-refractivity contribution in [3.8, 4) is 11.5 Å². The summed E-state index contributed by atoms with van der Waals surface area (Å²) < 4.78 is 10.9. The Hall–Kier alpha value is -3.35. The van der Waals surface area contributed by atoms with Crippen molar-refractivity contribution in [2.45, 2.75) is 51.2 Å². The second-order valence-corrected chi connectivity index (χ2v) is 7.28. The smallest absolute Gasteiger partial charge is 0.338 e. The van der Waals surface area contributed by atoms with E-state index in [1.165, 1.54) is 13.3 Å². The fraction of sp³-hybridized carbons (Fsp3) is 0.348. The maximum absolute atomic E-state index is 12.3. The average Bonchev–Trinajstić information content (AvgIpc) is 2.75. The van der Waals surface area contributed by atoms with E-state index in [1.54, 1.807) is 24.3 Å². The minimum Gasteiger partial charge on any atom is -0.457 e. The number of urea groups is 1. The van der Waals surface area contributed by atoms with Crippen LogP contribution in [0.15, 0.2) is 54.6 Å². The summed E-state index contributed by atoms with van der Waals surface area (Å²) in [6.45, 7) is 1.42. The van der Waals surface area contributed by atoms with Gasteiger partial charge in [0, 0.05) is 6.04 Å². The summed E-state index contributed by atoms with van der Waals surface area (Å²) in [5.41, 5.74) is 0.279. The third kappa shape index (κ3) is 6.34. The number of para-hydroxylation sites is 1. The second kappa shape index (κ2) is 10.4. The number of benzene rings is 2. The number of rotatable bonds is 6. The monoisotopic (exact) mass is 410 g/mol. The normalized spacial score (nSPS) is 15.0. The quantitative estimate of drug-likeness (QED) is 0.697. The summed E-state index contributed by atoms with van der Waals surface area (Å²) in [7, 11) is 0. The first kappa shape index (κ1) is 21.4. The molecule has 0 aromatic heterocycles. The lowest BCUT2D eigenvalue weighted by Gasteiger charge is -2.23. The molecule has 7 heteroatoms. The lowest BCUT2D eigenvalue weighted by atomic mass is 9.96. The SMILES string of the molecule is C[C@H](OC(=O)c1ccc(Oc2ccccc2)cc1)C(=O)NC(=O)NC1CCCCC1. The molecule has 0 spiro atoms. The fourth-order valence-electron chi connectivity index (χ4n) is 3.25. The molecule has 2 aromatic carbocycles. The van der Waals surface area contributed by atoms with Gasteiger partial charge in [0.15, 0.2) is 6.10 Å². The number of imide groups is 1. The number of esters is 1. The molecule has 30 heavy (non-hydrogen) atoms. The van der Waals surface area contributed by atoms with Crippen LogP contribution in [0.1, 0.15) is 49.4 Å². The fourth-order valence-corrected chi connectivity index (χ4v) is 3.25. The molecule has 0 bridgehead atoms. The Morgan fingerprint density at radius 1 is 0.900 bits per heavy atom. The highest BCUT2D eigenvalue weighted by atomic mass is 16.5. The third-order valence-electron chi connectivity index (χ3n) is 4.90.